The van der Waals surface area contributed by atoms with Crippen LogP contribution < -0.4 is 5.73 Å². The van der Waals surface area contributed by atoms with Crippen LogP contribution in [0.25, 0.3) is 0 Å². The van der Waals surface area contributed by atoms with Crippen LogP contribution >= 0.6 is 11.3 Å². The van der Waals surface area contributed by atoms with Crippen molar-refractivity contribution in [3.8, 4) is 0 Å². The lowest BCUT2D eigenvalue weighted by molar-refractivity contribution is -0.130. The van der Waals surface area contributed by atoms with Gasteiger partial charge in [-0.25, -0.2) is 0 Å². The minimum absolute atomic E-state index is 0.0538. The number of likely N-dealkylation sites (N-methyl/N-ethyl adjacent to an activating group) is 1. The molecule has 6 heteroatoms. The van der Waals surface area contributed by atoms with Crippen molar-refractivity contribution < 1.29 is 10.0 Å². The maximum atomic E-state index is 11.7. The molecule has 5 nitrogen and oxygen atoms in total. The summed E-state index contributed by atoms with van der Waals surface area (Å²) < 4.78 is 0. The Bertz CT molecular complexity index is 389. The molecule has 0 aromatic carbocycles. The van der Waals surface area contributed by atoms with Gasteiger partial charge in [0, 0.05) is 24.4 Å². The van der Waals surface area contributed by atoms with E-state index in [4.69, 9.17) is 10.9 Å². The predicted molar refractivity (Wildman–Crippen MR) is 68.3 cm³/mol. The molecule has 3 N–H and O–H groups in total. The Kier molecular flexibility index (Phi) is 4.96. The van der Waals surface area contributed by atoms with Crippen LogP contribution in [0.4, 0.5) is 0 Å². The van der Waals surface area contributed by atoms with Crippen LogP contribution in [-0.2, 0) is 11.2 Å². The minimum atomic E-state index is -0.149. The van der Waals surface area contributed by atoms with E-state index in [9.17, 15) is 4.79 Å². The van der Waals surface area contributed by atoms with Gasteiger partial charge in [0.1, 0.15) is 5.84 Å². The number of amides is 1. The van der Waals surface area contributed by atoms with E-state index >= 15 is 0 Å². The van der Waals surface area contributed by atoms with Crippen molar-refractivity contribution in [3.63, 3.8) is 0 Å². The SMILES string of the molecule is CC(Cc1cccs1)N(C)C(=O)CC(N)=NO. The average Bonchev–Trinajstić information content (AvgIpc) is 2.80. The molecule has 0 aliphatic heterocycles. The van der Waals surface area contributed by atoms with Gasteiger partial charge in [-0.2, -0.15) is 0 Å². The minimum Gasteiger partial charge on any atom is -0.409 e. The van der Waals surface area contributed by atoms with E-state index in [1.807, 2.05) is 24.4 Å². The van der Waals surface area contributed by atoms with Gasteiger partial charge in [-0.05, 0) is 18.4 Å². The molecule has 1 heterocycles. The Labute approximate surface area is 105 Å². The van der Waals surface area contributed by atoms with Crippen LogP contribution in [0.15, 0.2) is 22.7 Å². The quantitative estimate of drug-likeness (QED) is 0.360. The van der Waals surface area contributed by atoms with E-state index in [0.717, 1.165) is 6.42 Å². The van der Waals surface area contributed by atoms with E-state index in [-0.39, 0.29) is 24.2 Å². The maximum Gasteiger partial charge on any atom is 0.230 e. The summed E-state index contributed by atoms with van der Waals surface area (Å²) in [6, 6.07) is 4.13. The molecule has 1 amide bonds. The number of hydrogen-bond donors (Lipinski definition) is 2. The number of nitrogens with zero attached hydrogens (tertiary/aromatic N) is 2. The third-order valence-electron chi connectivity index (χ3n) is 2.59. The number of oxime groups is 1. The highest BCUT2D eigenvalue weighted by molar-refractivity contribution is 7.09. The van der Waals surface area contributed by atoms with E-state index < -0.39 is 0 Å². The highest BCUT2D eigenvalue weighted by atomic mass is 32.1. The van der Waals surface area contributed by atoms with Crippen LogP contribution in [0.5, 0.6) is 0 Å². The topological polar surface area (TPSA) is 78.9 Å². The van der Waals surface area contributed by atoms with E-state index in [2.05, 4.69) is 5.16 Å². The summed E-state index contributed by atoms with van der Waals surface area (Å²) in [4.78, 5) is 14.6. The molecule has 0 bridgehead atoms. The molecule has 1 aromatic heterocycles. The average molecular weight is 255 g/mol. The van der Waals surface area contributed by atoms with Gasteiger partial charge in [0.2, 0.25) is 5.91 Å². The van der Waals surface area contributed by atoms with Gasteiger partial charge in [0.25, 0.3) is 0 Å². The molecule has 0 aliphatic rings. The van der Waals surface area contributed by atoms with Gasteiger partial charge in [-0.1, -0.05) is 11.2 Å². The highest BCUT2D eigenvalue weighted by Crippen LogP contribution is 2.13. The summed E-state index contributed by atoms with van der Waals surface area (Å²) in [5.41, 5.74) is 5.30. The number of hydrogen-bond acceptors (Lipinski definition) is 4. The third-order valence-corrected chi connectivity index (χ3v) is 3.49. The van der Waals surface area contributed by atoms with Gasteiger partial charge >= 0.3 is 0 Å². The Morgan fingerprint density at radius 2 is 2.41 bits per heavy atom. The number of rotatable bonds is 5. The predicted octanol–water partition coefficient (Wildman–Crippen LogP) is 1.27. The molecule has 0 fully saturated rings. The largest absolute Gasteiger partial charge is 0.409 e. The fourth-order valence-corrected chi connectivity index (χ4v) is 2.24. The van der Waals surface area contributed by atoms with Crippen LogP contribution in [0.3, 0.4) is 0 Å². The molecular weight excluding hydrogens is 238 g/mol. The van der Waals surface area contributed by atoms with Crippen LogP contribution in [-0.4, -0.2) is 34.9 Å². The normalized spacial score (nSPS) is 13.4. The van der Waals surface area contributed by atoms with Crippen LogP contribution in [0, 0.1) is 0 Å². The van der Waals surface area contributed by atoms with Crippen LogP contribution in [0.2, 0.25) is 0 Å². The Morgan fingerprint density at radius 1 is 1.71 bits per heavy atom. The molecule has 1 rings (SSSR count). The molecule has 94 valence electrons. The first-order valence-corrected chi connectivity index (χ1v) is 6.17. The zero-order valence-electron chi connectivity index (χ0n) is 9.96. The maximum absolute atomic E-state index is 11.7. The lowest BCUT2D eigenvalue weighted by Gasteiger charge is -2.24. The molecule has 0 aliphatic carbocycles. The van der Waals surface area contributed by atoms with Gasteiger partial charge in [0.05, 0.1) is 6.42 Å². The zero-order chi connectivity index (χ0) is 12.8. The van der Waals surface area contributed by atoms with Gasteiger partial charge in [-0.15, -0.1) is 11.3 Å². The summed E-state index contributed by atoms with van der Waals surface area (Å²) >= 11 is 1.67. The van der Waals surface area contributed by atoms with E-state index in [1.165, 1.54) is 4.88 Å². The summed E-state index contributed by atoms with van der Waals surface area (Å²) in [6.45, 7) is 1.98. The van der Waals surface area contributed by atoms with Gasteiger partial charge in [-0.3, -0.25) is 4.79 Å². The first-order chi connectivity index (χ1) is 8.04. The Balaban J connectivity index is 2.51. The molecule has 1 atom stereocenters. The standard InChI is InChI=1S/C11H17N3O2S/c1-8(6-9-4-3-5-17-9)14(2)11(15)7-10(12)13-16/h3-5,8,16H,6-7H2,1-2H3,(H2,12,13). The van der Waals surface area contributed by atoms with Gasteiger partial charge in [0.15, 0.2) is 0 Å². The van der Waals surface area contributed by atoms with Crippen molar-refractivity contribution in [1.82, 2.24) is 4.90 Å². The molecule has 1 unspecified atom stereocenters. The number of carbonyl (C=O) groups excluding carboxylic acids is 1. The highest BCUT2D eigenvalue weighted by Gasteiger charge is 2.17. The van der Waals surface area contributed by atoms with Crippen molar-refractivity contribution in [2.45, 2.75) is 25.8 Å². The third kappa shape index (κ3) is 4.07. The van der Waals surface area contributed by atoms with E-state index in [0.29, 0.717) is 0 Å². The fourth-order valence-electron chi connectivity index (χ4n) is 1.42. The van der Waals surface area contributed by atoms with Crippen molar-refractivity contribution >= 4 is 23.1 Å². The Morgan fingerprint density at radius 3 is 2.94 bits per heavy atom. The second kappa shape index (κ2) is 6.24. The number of amidine groups is 1. The second-order valence-electron chi connectivity index (χ2n) is 3.91. The Hall–Kier alpha value is -1.56. The van der Waals surface area contributed by atoms with Gasteiger partial charge < -0.3 is 15.8 Å². The van der Waals surface area contributed by atoms with Crippen molar-refractivity contribution in [1.29, 1.82) is 0 Å². The number of thiophene rings is 1. The zero-order valence-corrected chi connectivity index (χ0v) is 10.8. The fraction of sp³-hybridized carbons (Fsp3) is 0.455. The first kappa shape index (κ1) is 13.5. The lowest BCUT2D eigenvalue weighted by Crippen LogP contribution is -2.38. The summed E-state index contributed by atoms with van der Waals surface area (Å²) in [5.74, 6) is -0.213. The molecular formula is C11H17N3O2S. The molecule has 1 aromatic rings. The molecule has 0 radical (unpaired) electrons. The monoisotopic (exact) mass is 255 g/mol. The lowest BCUT2D eigenvalue weighted by atomic mass is 10.1. The summed E-state index contributed by atoms with van der Waals surface area (Å²) in [7, 11) is 1.73. The summed E-state index contributed by atoms with van der Waals surface area (Å²) in [6.07, 6.45) is 0.762. The smallest absolute Gasteiger partial charge is 0.230 e. The molecule has 0 saturated heterocycles. The van der Waals surface area contributed by atoms with E-state index in [1.54, 1.807) is 23.3 Å². The number of nitrogens with two attached hydrogens (primary N) is 1. The van der Waals surface area contributed by atoms with Crippen molar-refractivity contribution in [2.75, 3.05) is 7.05 Å². The molecule has 17 heavy (non-hydrogen) atoms. The van der Waals surface area contributed by atoms with Crippen molar-refractivity contribution in [2.24, 2.45) is 10.9 Å². The number of carbonyl (C=O) groups is 1. The molecule has 0 spiro atoms. The summed E-state index contributed by atoms with van der Waals surface area (Å²) in [5, 5.41) is 13.2. The molecule has 0 saturated carbocycles. The van der Waals surface area contributed by atoms with Crippen LogP contribution in [0.1, 0.15) is 18.2 Å². The second-order valence-corrected chi connectivity index (χ2v) is 4.94. The van der Waals surface area contributed by atoms with Crippen molar-refractivity contribution in [3.05, 3.63) is 22.4 Å². The first-order valence-electron chi connectivity index (χ1n) is 5.29.